The number of methoxy groups -OCH3 is 1. The maximum absolute atomic E-state index is 13.3. The summed E-state index contributed by atoms with van der Waals surface area (Å²) in [6, 6.07) is 22.8. The van der Waals surface area contributed by atoms with Crippen molar-refractivity contribution < 1.29 is 17.9 Å². The van der Waals surface area contributed by atoms with Crippen LogP contribution in [0, 0.1) is 0 Å². The quantitative estimate of drug-likeness (QED) is 0.405. The number of hydrogen-bond donors (Lipinski definition) is 1. The van der Waals surface area contributed by atoms with Gasteiger partial charge in [0.05, 0.1) is 17.7 Å². The van der Waals surface area contributed by atoms with E-state index in [0.29, 0.717) is 12.2 Å². The van der Waals surface area contributed by atoms with Crippen LogP contribution in [0.2, 0.25) is 0 Å². The van der Waals surface area contributed by atoms with Gasteiger partial charge in [-0.3, -0.25) is 9.10 Å². The molecule has 0 aromatic heterocycles. The lowest BCUT2D eigenvalue weighted by atomic mass is 10.1. The van der Waals surface area contributed by atoms with Gasteiger partial charge in [0.15, 0.2) is 0 Å². The van der Waals surface area contributed by atoms with Crippen LogP contribution in [0.3, 0.4) is 0 Å². The van der Waals surface area contributed by atoms with Gasteiger partial charge in [0.2, 0.25) is 5.91 Å². The summed E-state index contributed by atoms with van der Waals surface area (Å²) in [7, 11) is -2.28. The Labute approximate surface area is 197 Å². The Morgan fingerprint density at radius 1 is 1.00 bits per heavy atom. The number of sulfonamides is 1. The molecule has 0 unspecified atom stereocenters. The Kier molecular flexibility index (Phi) is 8.30. The second-order valence-electron chi connectivity index (χ2n) is 7.11. The molecule has 0 fully saturated rings. The second kappa shape index (κ2) is 11.2. The van der Waals surface area contributed by atoms with Crippen LogP contribution in [0.4, 0.5) is 5.69 Å². The predicted molar refractivity (Wildman–Crippen MR) is 129 cm³/mol. The van der Waals surface area contributed by atoms with Crippen molar-refractivity contribution >= 4 is 37.5 Å². The van der Waals surface area contributed by atoms with Crippen LogP contribution in [-0.2, 0) is 21.2 Å². The van der Waals surface area contributed by atoms with E-state index >= 15 is 0 Å². The number of hydrogen-bond acceptors (Lipinski definition) is 4. The van der Waals surface area contributed by atoms with Crippen LogP contribution in [0.25, 0.3) is 0 Å². The molecule has 0 aliphatic heterocycles. The van der Waals surface area contributed by atoms with E-state index in [9.17, 15) is 13.2 Å². The number of nitrogens with zero attached hydrogens (tertiary/aromatic N) is 1. The Bertz CT molecular complexity index is 1140. The first-order valence-corrected chi connectivity index (χ1v) is 12.4. The average molecular weight is 517 g/mol. The summed E-state index contributed by atoms with van der Waals surface area (Å²) < 4.78 is 33.5. The lowest BCUT2D eigenvalue weighted by Crippen LogP contribution is -2.41. The summed E-state index contributed by atoms with van der Waals surface area (Å²) in [5.74, 6) is 0.438. The molecule has 3 aromatic rings. The minimum Gasteiger partial charge on any atom is -0.497 e. The topological polar surface area (TPSA) is 75.7 Å². The number of anilines is 1. The summed E-state index contributed by atoms with van der Waals surface area (Å²) in [5.41, 5.74) is 1.55. The smallest absolute Gasteiger partial charge is 0.264 e. The van der Waals surface area contributed by atoms with Crippen LogP contribution in [0.5, 0.6) is 5.75 Å². The monoisotopic (exact) mass is 516 g/mol. The molecule has 0 aliphatic rings. The van der Waals surface area contributed by atoms with E-state index in [2.05, 4.69) is 21.2 Å². The van der Waals surface area contributed by atoms with E-state index in [1.807, 2.05) is 24.3 Å². The zero-order chi connectivity index (χ0) is 23.0. The number of benzene rings is 3. The Balaban J connectivity index is 1.66. The van der Waals surface area contributed by atoms with Gasteiger partial charge >= 0.3 is 0 Å². The predicted octanol–water partition coefficient (Wildman–Crippen LogP) is 4.40. The highest BCUT2D eigenvalue weighted by atomic mass is 79.9. The summed E-state index contributed by atoms with van der Waals surface area (Å²) in [5, 5.41) is 2.83. The maximum atomic E-state index is 13.3. The van der Waals surface area contributed by atoms with Gasteiger partial charge in [-0.1, -0.05) is 52.3 Å². The van der Waals surface area contributed by atoms with Gasteiger partial charge in [0, 0.05) is 11.0 Å². The van der Waals surface area contributed by atoms with Crippen molar-refractivity contribution in [1.29, 1.82) is 0 Å². The largest absolute Gasteiger partial charge is 0.497 e. The molecule has 0 atom stereocenters. The van der Waals surface area contributed by atoms with E-state index in [0.717, 1.165) is 32.9 Å². The molecule has 3 rings (SSSR count). The molecule has 6 nitrogen and oxygen atoms in total. The third-order valence-corrected chi connectivity index (χ3v) is 7.12. The number of carbonyl (C=O) groups excluding carboxylic acids is 1. The highest BCUT2D eigenvalue weighted by molar-refractivity contribution is 9.10. The SMILES string of the molecule is COc1ccc(CCCNC(=O)CN(c2cccc(Br)c2)S(=O)(=O)c2ccccc2)cc1. The zero-order valence-corrected chi connectivity index (χ0v) is 20.1. The summed E-state index contributed by atoms with van der Waals surface area (Å²) in [4.78, 5) is 12.8. The van der Waals surface area contributed by atoms with E-state index in [1.54, 1.807) is 49.6 Å². The minimum atomic E-state index is -3.91. The van der Waals surface area contributed by atoms with Crippen molar-refractivity contribution in [2.24, 2.45) is 0 Å². The number of ether oxygens (including phenoxy) is 1. The van der Waals surface area contributed by atoms with Crippen LogP contribution in [-0.4, -0.2) is 34.5 Å². The van der Waals surface area contributed by atoms with Crippen molar-refractivity contribution in [2.75, 3.05) is 24.5 Å². The lowest BCUT2D eigenvalue weighted by molar-refractivity contribution is -0.119. The molecule has 32 heavy (non-hydrogen) atoms. The molecule has 0 aliphatic carbocycles. The van der Waals surface area contributed by atoms with Gasteiger partial charge in [-0.2, -0.15) is 0 Å². The fraction of sp³-hybridized carbons (Fsp3) is 0.208. The first kappa shape index (κ1) is 23.8. The maximum Gasteiger partial charge on any atom is 0.264 e. The third kappa shape index (κ3) is 6.34. The molecule has 1 N–H and O–H groups in total. The van der Waals surface area contributed by atoms with Crippen molar-refractivity contribution in [3.8, 4) is 5.75 Å². The number of nitrogens with one attached hydrogen (secondary N) is 1. The third-order valence-electron chi connectivity index (χ3n) is 4.84. The fourth-order valence-electron chi connectivity index (χ4n) is 3.16. The van der Waals surface area contributed by atoms with Crippen LogP contribution in [0.1, 0.15) is 12.0 Å². The molecule has 0 heterocycles. The molecule has 0 radical (unpaired) electrons. The molecule has 0 spiro atoms. The number of amides is 1. The summed E-state index contributed by atoms with van der Waals surface area (Å²) in [6.45, 7) is 0.138. The molecule has 1 amide bonds. The van der Waals surface area contributed by atoms with Crippen LogP contribution < -0.4 is 14.4 Å². The van der Waals surface area contributed by atoms with Gasteiger partial charge < -0.3 is 10.1 Å². The van der Waals surface area contributed by atoms with Crippen LogP contribution in [0.15, 0.2) is 88.2 Å². The first-order valence-electron chi connectivity index (χ1n) is 10.1. The molecule has 0 saturated carbocycles. The van der Waals surface area contributed by atoms with E-state index in [1.165, 1.54) is 12.1 Å². The van der Waals surface area contributed by atoms with Gasteiger partial charge in [-0.25, -0.2) is 8.42 Å². The van der Waals surface area contributed by atoms with Crippen molar-refractivity contribution in [3.63, 3.8) is 0 Å². The van der Waals surface area contributed by atoms with Crippen LogP contribution >= 0.6 is 15.9 Å². The molecule has 168 valence electrons. The van der Waals surface area contributed by atoms with Gasteiger partial charge in [0.1, 0.15) is 12.3 Å². The van der Waals surface area contributed by atoms with Gasteiger partial charge in [0.25, 0.3) is 10.0 Å². The molecular formula is C24H25BrN2O4S. The minimum absolute atomic E-state index is 0.132. The number of aryl methyl sites for hydroxylation is 1. The van der Waals surface area contributed by atoms with E-state index in [-0.39, 0.29) is 17.3 Å². The number of carbonyl (C=O) groups is 1. The zero-order valence-electron chi connectivity index (χ0n) is 17.7. The summed E-state index contributed by atoms with van der Waals surface area (Å²) in [6.07, 6.45) is 1.53. The normalized spacial score (nSPS) is 11.1. The Morgan fingerprint density at radius 2 is 1.72 bits per heavy atom. The lowest BCUT2D eigenvalue weighted by Gasteiger charge is -2.24. The summed E-state index contributed by atoms with van der Waals surface area (Å²) >= 11 is 3.37. The van der Waals surface area contributed by atoms with Crippen molar-refractivity contribution in [3.05, 3.63) is 88.9 Å². The average Bonchev–Trinajstić information content (AvgIpc) is 2.81. The van der Waals surface area contributed by atoms with Gasteiger partial charge in [-0.05, 0) is 60.9 Å². The number of halogens is 1. The Morgan fingerprint density at radius 3 is 2.38 bits per heavy atom. The van der Waals surface area contributed by atoms with E-state index < -0.39 is 10.0 Å². The number of rotatable bonds is 10. The molecule has 3 aromatic carbocycles. The second-order valence-corrected chi connectivity index (χ2v) is 9.88. The Hall–Kier alpha value is -2.84. The standard InChI is InChI=1S/C24H25BrN2O4S/c1-31-22-14-12-19(13-15-22)7-6-16-26-24(28)18-27(21-9-5-8-20(25)17-21)32(29,30)23-10-3-2-4-11-23/h2-5,8-15,17H,6-7,16,18H2,1H3,(H,26,28). The molecule has 8 heteroatoms. The molecular weight excluding hydrogens is 492 g/mol. The van der Waals surface area contributed by atoms with E-state index in [4.69, 9.17) is 4.74 Å². The van der Waals surface area contributed by atoms with Crippen molar-refractivity contribution in [2.45, 2.75) is 17.7 Å². The molecule has 0 saturated heterocycles. The first-order chi connectivity index (χ1) is 15.4. The molecule has 0 bridgehead atoms. The highest BCUT2D eigenvalue weighted by Gasteiger charge is 2.27. The van der Waals surface area contributed by atoms with Gasteiger partial charge in [-0.15, -0.1) is 0 Å². The van der Waals surface area contributed by atoms with Crippen molar-refractivity contribution in [1.82, 2.24) is 5.32 Å². The highest BCUT2D eigenvalue weighted by Crippen LogP contribution is 2.26. The fourth-order valence-corrected chi connectivity index (χ4v) is 4.99.